The number of imidazole rings is 1. The topological polar surface area (TPSA) is 253 Å². The smallest absolute Gasteiger partial charge is 0.325 e. The number of hydrogen-bond donors (Lipinski definition) is 5. The van der Waals surface area contributed by atoms with E-state index >= 15 is 0 Å². The molecule has 372 valence electrons. The molecule has 8 rings (SSSR count). The third-order valence-electron chi connectivity index (χ3n) is 13.9. The van der Waals surface area contributed by atoms with Crippen LogP contribution in [0.2, 0.25) is 36.3 Å². The van der Waals surface area contributed by atoms with Crippen LogP contribution < -0.4 is 16.8 Å². The Bertz CT molecular complexity index is 2590. The second-order valence-corrected chi connectivity index (χ2v) is 37.0. The first-order chi connectivity index (χ1) is 30.9. The second kappa shape index (κ2) is 18.3. The second-order valence-electron chi connectivity index (χ2n) is 21.9. The van der Waals surface area contributed by atoms with Crippen LogP contribution in [0.3, 0.4) is 0 Å². The van der Waals surface area contributed by atoms with Gasteiger partial charge >= 0.3 is 13.4 Å². The van der Waals surface area contributed by atoms with Crippen LogP contribution in [0.15, 0.2) is 18.9 Å². The Morgan fingerprint density at radius 1 is 0.791 bits per heavy atom. The maximum atomic E-state index is 12.2. The van der Waals surface area contributed by atoms with Gasteiger partial charge in [-0.3, -0.25) is 13.6 Å². The van der Waals surface area contributed by atoms with E-state index in [0.29, 0.717) is 23.4 Å². The largest absolute Gasteiger partial charge is 0.408 e. The van der Waals surface area contributed by atoms with Gasteiger partial charge in [0.1, 0.15) is 54.1 Å². The highest BCUT2D eigenvalue weighted by Crippen LogP contribution is 2.56. The van der Waals surface area contributed by atoms with Crippen molar-refractivity contribution in [2.24, 2.45) is 5.73 Å². The number of fused-ring (bicyclic) bond motifs is 4. The number of rotatable bonds is 9. The lowest BCUT2D eigenvalue weighted by Crippen LogP contribution is -2.50. The summed E-state index contributed by atoms with van der Waals surface area (Å²) in [6.07, 6.45) is 0.899. The minimum atomic E-state index is -4.24. The highest BCUT2D eigenvalue weighted by atomic mass is 32.5. The number of nitrogens with zero attached hydrogens (tertiary/aromatic N) is 7. The first-order valence-electron chi connectivity index (χ1n) is 22.8. The molecule has 0 spiro atoms. The lowest BCUT2D eigenvalue weighted by atomic mass is 10.1. The van der Waals surface area contributed by atoms with E-state index in [9.17, 15) is 9.79 Å². The lowest BCUT2D eigenvalue weighted by Gasteiger charge is -2.41. The molecule has 2 bridgehead atoms. The molecule has 26 heteroatoms. The highest BCUT2D eigenvalue weighted by Gasteiger charge is 2.57. The first-order valence-corrected chi connectivity index (χ1v) is 33.8. The standard InChI is InChI=1S/C41H68N10O10P2S2Si2/c1-39(2,3)66(9,10)60-30-26-19-55-62(52,64)58-29-25(56-37(32(29)61-67(11,12)40(4,5)6)50-17-23-15-13-14-16-24-27(23)34(50)46-21-45-24)18-54-63(53,65)59-31(30)36(57-26)51-22-47-28-33(42)48-38(49-35(28)51)44-20-41(7,8)43/h17,21-22,25-26,29-32,36-37H,13-16,18-20,43H2,1-12H3,(H,52,64)(H,53,65)(H3,42,44,48,49)/t25-,26-,29-,30-,31-,32-,36-,37-,62?,63?/m1/s1. The van der Waals surface area contributed by atoms with Crippen molar-refractivity contribution < 1.29 is 46.2 Å². The van der Waals surface area contributed by atoms with Crippen LogP contribution in [0.4, 0.5) is 11.8 Å². The van der Waals surface area contributed by atoms with Gasteiger partial charge < -0.3 is 58.5 Å². The van der Waals surface area contributed by atoms with Crippen molar-refractivity contribution in [3.63, 3.8) is 0 Å². The van der Waals surface area contributed by atoms with Gasteiger partial charge in [-0.2, -0.15) is 9.97 Å². The number of nitrogens with one attached hydrogen (secondary N) is 1. The van der Waals surface area contributed by atoms with Crippen LogP contribution in [0.25, 0.3) is 22.2 Å². The molecule has 3 saturated heterocycles. The zero-order chi connectivity index (χ0) is 48.9. The van der Waals surface area contributed by atoms with E-state index in [1.54, 1.807) is 10.9 Å². The Morgan fingerprint density at radius 2 is 1.39 bits per heavy atom. The van der Waals surface area contributed by atoms with E-state index in [1.165, 1.54) is 6.33 Å². The van der Waals surface area contributed by atoms with Gasteiger partial charge in [0.25, 0.3) is 0 Å². The number of ether oxygens (including phenoxy) is 2. The zero-order valence-electron chi connectivity index (χ0n) is 40.5. The summed E-state index contributed by atoms with van der Waals surface area (Å²) in [7, 11) is -5.30. The van der Waals surface area contributed by atoms with Crippen LogP contribution in [0, 0.1) is 0 Å². The van der Waals surface area contributed by atoms with Crippen molar-refractivity contribution in [1.82, 2.24) is 34.1 Å². The van der Waals surface area contributed by atoms with Crippen LogP contribution in [0.5, 0.6) is 0 Å². The summed E-state index contributed by atoms with van der Waals surface area (Å²) in [6.45, 7) is 16.2. The van der Waals surface area contributed by atoms with E-state index in [-0.39, 0.29) is 35.1 Å². The lowest BCUT2D eigenvalue weighted by molar-refractivity contribution is -0.0604. The number of aromatic nitrogens is 7. The van der Waals surface area contributed by atoms with Crippen LogP contribution in [-0.2, 0) is 72.9 Å². The molecule has 0 radical (unpaired) electrons. The molecule has 20 nitrogen and oxygen atoms in total. The molecule has 1 aliphatic carbocycles. The highest BCUT2D eigenvalue weighted by molar-refractivity contribution is 8.07. The molecule has 3 aliphatic heterocycles. The molecule has 7 N–H and O–H groups in total. The Kier molecular flexibility index (Phi) is 14.0. The van der Waals surface area contributed by atoms with Crippen molar-refractivity contribution in [1.29, 1.82) is 0 Å². The normalized spacial score (nSPS) is 31.6. The molecular formula is C41H68N10O10P2S2Si2. The summed E-state index contributed by atoms with van der Waals surface area (Å²) in [5, 5.41) is 3.63. The number of hydrogen-bond acceptors (Lipinski definition) is 18. The van der Waals surface area contributed by atoms with Crippen molar-refractivity contribution in [2.75, 3.05) is 30.8 Å². The molecule has 7 heterocycles. The van der Waals surface area contributed by atoms with Crippen molar-refractivity contribution >= 4 is 87.6 Å². The predicted molar refractivity (Wildman–Crippen MR) is 267 cm³/mol. The molecule has 10 atom stereocenters. The fourth-order valence-electron chi connectivity index (χ4n) is 8.30. The van der Waals surface area contributed by atoms with Crippen LogP contribution in [-0.4, -0.2) is 122 Å². The van der Waals surface area contributed by atoms with E-state index < -0.39 is 84.7 Å². The van der Waals surface area contributed by atoms with Crippen molar-refractivity contribution in [2.45, 2.75) is 172 Å². The van der Waals surface area contributed by atoms with E-state index in [1.807, 2.05) is 18.4 Å². The Balaban J connectivity index is 1.20. The van der Waals surface area contributed by atoms with Gasteiger partial charge in [0.2, 0.25) is 5.95 Å². The molecule has 3 fully saturated rings. The number of aryl methyl sites for hydroxylation is 2. The van der Waals surface area contributed by atoms with Gasteiger partial charge in [-0.1, -0.05) is 41.5 Å². The molecule has 4 aromatic rings. The maximum absolute atomic E-state index is 12.2. The van der Waals surface area contributed by atoms with E-state index in [4.69, 9.17) is 81.5 Å². The number of nitrogen functional groups attached to an aromatic ring is 1. The van der Waals surface area contributed by atoms with Crippen molar-refractivity contribution in [3.05, 3.63) is 30.1 Å². The molecule has 0 amide bonds. The third-order valence-corrected chi connectivity index (χ3v) is 26.0. The predicted octanol–water partition coefficient (Wildman–Crippen LogP) is 6.71. The quantitative estimate of drug-likeness (QED) is 0.0863. The Labute approximate surface area is 404 Å². The molecule has 4 aliphatic rings. The summed E-state index contributed by atoms with van der Waals surface area (Å²) in [6, 6.07) is 0. The number of anilines is 2. The fourth-order valence-corrected chi connectivity index (χ4v) is 13.8. The minimum absolute atomic E-state index is 0.113. The first kappa shape index (κ1) is 51.4. The maximum Gasteiger partial charge on any atom is 0.325 e. The molecule has 0 aromatic carbocycles. The van der Waals surface area contributed by atoms with Gasteiger partial charge in [-0.15, -0.1) is 0 Å². The molecule has 2 unspecified atom stereocenters. The van der Waals surface area contributed by atoms with Gasteiger partial charge in [-0.05, 0) is 105 Å². The summed E-state index contributed by atoms with van der Waals surface area (Å²) < 4.78 is 57.5. The van der Waals surface area contributed by atoms with Crippen LogP contribution in [0.1, 0.15) is 91.9 Å². The Morgan fingerprint density at radius 3 is 2.03 bits per heavy atom. The van der Waals surface area contributed by atoms with E-state index in [2.05, 4.69) is 94.2 Å². The van der Waals surface area contributed by atoms with E-state index in [0.717, 1.165) is 42.3 Å². The van der Waals surface area contributed by atoms with Gasteiger partial charge in [0, 0.05) is 23.7 Å². The van der Waals surface area contributed by atoms with Gasteiger partial charge in [-0.25, -0.2) is 15.0 Å². The molecular weight excluding hydrogens is 975 g/mol. The molecule has 4 aromatic heterocycles. The Hall–Kier alpha value is -1.94. The average Bonchev–Trinajstić information content (AvgIpc) is 3.92. The SMILES string of the molecule is CC(C)(N)CNc1nc(N)c2ncn([C@@H]3O[C@@H]4COP(O)(=S)O[C@H]5[C@@H](O[Si](C)(C)C(C)(C)C)[C@H](n6cc7c8c(ncnc86)CCCC7)O[C@@H]5COP(O)(=S)O[C@@H]3[C@@H]4O[Si](C)(C)C(C)(C)C)c2n1. The number of nitrogens with two attached hydrogens (primary N) is 2. The fraction of sp³-hybridized carbons (Fsp3) is 0.732. The summed E-state index contributed by atoms with van der Waals surface area (Å²) in [4.78, 5) is 47.6. The molecule has 0 saturated carbocycles. The molecule has 67 heavy (non-hydrogen) atoms. The minimum Gasteiger partial charge on any atom is -0.408 e. The summed E-state index contributed by atoms with van der Waals surface area (Å²) in [5.41, 5.74) is 15.5. The van der Waals surface area contributed by atoms with Crippen molar-refractivity contribution in [3.8, 4) is 0 Å². The monoisotopic (exact) mass is 1040 g/mol. The summed E-state index contributed by atoms with van der Waals surface area (Å²) >= 11 is 11.8. The van der Waals surface area contributed by atoms with Gasteiger partial charge in [0.05, 0.1) is 25.2 Å². The summed E-state index contributed by atoms with van der Waals surface area (Å²) in [5.74, 6) is 0.327. The third kappa shape index (κ3) is 10.7. The zero-order valence-corrected chi connectivity index (χ0v) is 45.9. The average molecular weight is 1040 g/mol. The van der Waals surface area contributed by atoms with Gasteiger partial charge in [0.15, 0.2) is 40.6 Å². The van der Waals surface area contributed by atoms with Crippen LogP contribution >= 0.6 is 13.4 Å².